The maximum absolute atomic E-state index is 11.8. The number of carbonyl (C=O) groups is 2. The molecule has 0 aliphatic rings. The van der Waals surface area contributed by atoms with Crippen LogP contribution in [0.1, 0.15) is 17.3 Å². The molecule has 0 aliphatic heterocycles. The molecular weight excluding hydrogens is 232 g/mol. The topological polar surface area (TPSA) is 52.6 Å². The van der Waals surface area contributed by atoms with Crippen molar-refractivity contribution in [3.8, 4) is 5.75 Å². The van der Waals surface area contributed by atoms with E-state index in [2.05, 4.69) is 13.2 Å². The normalized spacial score (nSPS) is 9.39. The summed E-state index contributed by atoms with van der Waals surface area (Å²) in [6.45, 7) is 8.24. The minimum Gasteiger partial charge on any atom is -0.485 e. The molecule has 94 valence electrons. The van der Waals surface area contributed by atoms with Gasteiger partial charge in [-0.05, 0) is 25.1 Å². The summed E-state index contributed by atoms with van der Waals surface area (Å²) in [7, 11) is 0. The average Bonchev–Trinajstić information content (AvgIpc) is 2.36. The summed E-state index contributed by atoms with van der Waals surface area (Å²) in [5, 5.41) is 0. The third-order valence-electron chi connectivity index (χ3n) is 1.99. The van der Waals surface area contributed by atoms with Crippen molar-refractivity contribution >= 4 is 11.8 Å². The zero-order valence-electron chi connectivity index (χ0n) is 10.1. The van der Waals surface area contributed by atoms with Gasteiger partial charge in [-0.3, -0.25) is 4.79 Å². The second-order valence-corrected chi connectivity index (χ2v) is 3.55. The highest BCUT2D eigenvalue weighted by atomic mass is 16.5. The second-order valence-electron chi connectivity index (χ2n) is 3.55. The number of hydrogen-bond donors (Lipinski definition) is 0. The number of allylic oxidation sites excluding steroid dienone is 1. The lowest BCUT2D eigenvalue weighted by Gasteiger charge is -2.09. The predicted octanol–water partition coefficient (Wildman–Crippen LogP) is 2.51. The summed E-state index contributed by atoms with van der Waals surface area (Å²) < 4.78 is 10.1. The van der Waals surface area contributed by atoms with E-state index in [1.54, 1.807) is 24.3 Å². The van der Waals surface area contributed by atoms with Gasteiger partial charge in [0.1, 0.15) is 23.7 Å². The molecule has 0 bridgehead atoms. The van der Waals surface area contributed by atoms with Crippen molar-refractivity contribution in [2.24, 2.45) is 0 Å². The van der Waals surface area contributed by atoms with Gasteiger partial charge in [-0.15, -0.1) is 0 Å². The SMILES string of the molecule is C=CC(=C)OC(=O)c1ccccc1OCC(C)=O. The van der Waals surface area contributed by atoms with Crippen LogP contribution in [0, 0.1) is 0 Å². The largest absolute Gasteiger partial charge is 0.485 e. The smallest absolute Gasteiger partial charge is 0.347 e. The van der Waals surface area contributed by atoms with Crippen LogP contribution in [0.4, 0.5) is 0 Å². The molecule has 1 aromatic carbocycles. The first-order valence-corrected chi connectivity index (χ1v) is 5.29. The molecule has 0 heterocycles. The molecule has 18 heavy (non-hydrogen) atoms. The minimum atomic E-state index is -0.598. The molecule has 0 saturated carbocycles. The van der Waals surface area contributed by atoms with E-state index in [1.165, 1.54) is 13.0 Å². The Balaban J connectivity index is 2.87. The Hall–Kier alpha value is -2.36. The fraction of sp³-hybridized carbons (Fsp3) is 0.143. The molecule has 4 nitrogen and oxygen atoms in total. The lowest BCUT2D eigenvalue weighted by Crippen LogP contribution is -2.11. The Morgan fingerprint density at radius 1 is 1.33 bits per heavy atom. The number of benzene rings is 1. The van der Waals surface area contributed by atoms with Crippen molar-refractivity contribution in [2.75, 3.05) is 6.61 Å². The van der Waals surface area contributed by atoms with Crippen molar-refractivity contribution in [3.05, 3.63) is 54.8 Å². The van der Waals surface area contributed by atoms with E-state index < -0.39 is 5.97 Å². The molecule has 0 unspecified atom stereocenters. The maximum Gasteiger partial charge on any atom is 0.347 e. The van der Waals surface area contributed by atoms with Crippen LogP contribution in [0.2, 0.25) is 0 Å². The Bertz CT molecular complexity index is 488. The monoisotopic (exact) mass is 246 g/mol. The van der Waals surface area contributed by atoms with Crippen LogP contribution in [0.3, 0.4) is 0 Å². The highest BCUT2D eigenvalue weighted by Crippen LogP contribution is 2.19. The molecule has 0 saturated heterocycles. The lowest BCUT2D eigenvalue weighted by atomic mass is 10.2. The van der Waals surface area contributed by atoms with Gasteiger partial charge in [-0.2, -0.15) is 0 Å². The number of hydrogen-bond acceptors (Lipinski definition) is 4. The van der Waals surface area contributed by atoms with Gasteiger partial charge in [0.2, 0.25) is 0 Å². The van der Waals surface area contributed by atoms with E-state index in [1.807, 2.05) is 0 Å². The van der Waals surface area contributed by atoms with E-state index in [0.717, 1.165) is 0 Å². The molecule has 0 spiro atoms. The lowest BCUT2D eigenvalue weighted by molar-refractivity contribution is -0.118. The molecule has 0 aliphatic carbocycles. The number of carbonyl (C=O) groups excluding carboxylic acids is 2. The number of ether oxygens (including phenoxy) is 2. The molecular formula is C14H14O4. The molecule has 0 N–H and O–H groups in total. The van der Waals surface area contributed by atoms with Gasteiger partial charge in [0.05, 0.1) is 0 Å². The van der Waals surface area contributed by atoms with Crippen molar-refractivity contribution < 1.29 is 19.1 Å². The van der Waals surface area contributed by atoms with Crippen LogP contribution in [0.5, 0.6) is 5.75 Å². The number of rotatable bonds is 6. The van der Waals surface area contributed by atoms with Crippen molar-refractivity contribution in [1.29, 1.82) is 0 Å². The van der Waals surface area contributed by atoms with Gasteiger partial charge >= 0.3 is 5.97 Å². The number of para-hydroxylation sites is 1. The molecule has 4 heteroatoms. The molecule has 0 fully saturated rings. The van der Waals surface area contributed by atoms with Gasteiger partial charge in [0, 0.05) is 0 Å². The molecule has 0 amide bonds. The summed E-state index contributed by atoms with van der Waals surface area (Å²) in [6, 6.07) is 6.52. The van der Waals surface area contributed by atoms with E-state index >= 15 is 0 Å². The Kier molecular flexibility index (Phi) is 4.87. The van der Waals surface area contributed by atoms with Crippen LogP contribution < -0.4 is 4.74 Å². The van der Waals surface area contributed by atoms with Crippen LogP contribution in [0.15, 0.2) is 49.3 Å². The number of Topliss-reactive ketones (excluding diaryl/α,β-unsaturated/α-hetero) is 1. The fourth-order valence-electron chi connectivity index (χ4n) is 1.16. The zero-order valence-corrected chi connectivity index (χ0v) is 10.1. The van der Waals surface area contributed by atoms with E-state index in [-0.39, 0.29) is 23.7 Å². The number of ketones is 1. The third kappa shape index (κ3) is 3.90. The Labute approximate surface area is 106 Å². The van der Waals surface area contributed by atoms with Crippen LogP contribution in [-0.2, 0) is 9.53 Å². The van der Waals surface area contributed by atoms with Gasteiger partial charge in [0.15, 0.2) is 5.78 Å². The van der Waals surface area contributed by atoms with Crippen molar-refractivity contribution in [3.63, 3.8) is 0 Å². The van der Waals surface area contributed by atoms with Gasteiger partial charge in [-0.25, -0.2) is 4.79 Å². The second kappa shape index (κ2) is 6.39. The van der Waals surface area contributed by atoms with E-state index in [9.17, 15) is 9.59 Å². The van der Waals surface area contributed by atoms with Crippen molar-refractivity contribution in [1.82, 2.24) is 0 Å². The molecule has 1 aromatic rings. The van der Waals surface area contributed by atoms with E-state index in [4.69, 9.17) is 9.47 Å². The quantitative estimate of drug-likeness (QED) is 0.439. The predicted molar refractivity (Wildman–Crippen MR) is 67.4 cm³/mol. The van der Waals surface area contributed by atoms with Crippen molar-refractivity contribution in [2.45, 2.75) is 6.92 Å². The Morgan fingerprint density at radius 2 is 2.00 bits per heavy atom. The fourth-order valence-corrected chi connectivity index (χ4v) is 1.16. The molecule has 0 aromatic heterocycles. The maximum atomic E-state index is 11.8. The van der Waals surface area contributed by atoms with E-state index in [0.29, 0.717) is 5.75 Å². The summed E-state index contributed by atoms with van der Waals surface area (Å²) in [5.74, 6) is -0.274. The van der Waals surface area contributed by atoms with Gasteiger partial charge < -0.3 is 9.47 Å². The zero-order chi connectivity index (χ0) is 13.5. The summed E-state index contributed by atoms with van der Waals surface area (Å²) >= 11 is 0. The average molecular weight is 246 g/mol. The van der Waals surface area contributed by atoms with Gasteiger partial charge in [-0.1, -0.05) is 25.3 Å². The molecule has 0 atom stereocenters. The van der Waals surface area contributed by atoms with Crippen LogP contribution >= 0.6 is 0 Å². The third-order valence-corrected chi connectivity index (χ3v) is 1.99. The van der Waals surface area contributed by atoms with Gasteiger partial charge in [0.25, 0.3) is 0 Å². The van der Waals surface area contributed by atoms with Crippen LogP contribution in [-0.4, -0.2) is 18.4 Å². The molecule has 1 rings (SSSR count). The summed E-state index contributed by atoms with van der Waals surface area (Å²) in [6.07, 6.45) is 1.33. The highest BCUT2D eigenvalue weighted by Gasteiger charge is 2.14. The summed E-state index contributed by atoms with van der Waals surface area (Å²) in [4.78, 5) is 22.6. The Morgan fingerprint density at radius 3 is 2.61 bits per heavy atom. The first-order valence-electron chi connectivity index (χ1n) is 5.29. The number of esters is 1. The standard InChI is InChI=1S/C14H14O4/c1-4-11(3)18-14(16)12-7-5-6-8-13(12)17-9-10(2)15/h4-8H,1,3,9H2,2H3. The first-order chi connectivity index (χ1) is 8.54. The minimum absolute atomic E-state index is 0.0906. The first kappa shape index (κ1) is 13.7. The van der Waals surface area contributed by atoms with Crippen LogP contribution in [0.25, 0.3) is 0 Å². The molecule has 0 radical (unpaired) electrons. The summed E-state index contributed by atoms with van der Waals surface area (Å²) in [5.41, 5.74) is 0.238. The highest BCUT2D eigenvalue weighted by molar-refractivity contribution is 5.93.